The maximum Gasteiger partial charge on any atom is 0.303 e. The Hall–Kier alpha value is -3.10. The Balaban J connectivity index is 1.35. The fourth-order valence-corrected chi connectivity index (χ4v) is 5.26. The van der Waals surface area contributed by atoms with Crippen molar-refractivity contribution in [1.82, 2.24) is 20.1 Å². The van der Waals surface area contributed by atoms with Crippen molar-refractivity contribution < 1.29 is 19.7 Å². The number of benzene rings is 1. The van der Waals surface area contributed by atoms with E-state index < -0.39 is 12.1 Å². The topological polar surface area (TPSA) is 109 Å². The van der Waals surface area contributed by atoms with E-state index in [2.05, 4.69) is 20.1 Å². The number of hydrogen-bond donors (Lipinski definition) is 2. The van der Waals surface area contributed by atoms with Gasteiger partial charge < -0.3 is 19.8 Å². The van der Waals surface area contributed by atoms with E-state index in [1.54, 1.807) is 25.7 Å². The minimum absolute atomic E-state index is 0.0883. The van der Waals surface area contributed by atoms with E-state index >= 15 is 0 Å². The second-order valence-electron chi connectivity index (χ2n) is 9.44. The van der Waals surface area contributed by atoms with Gasteiger partial charge in [0, 0.05) is 30.7 Å². The Bertz CT molecular complexity index is 1110. The molecule has 3 heterocycles. The highest BCUT2D eigenvalue weighted by atomic mass is 16.5. The lowest BCUT2D eigenvalue weighted by atomic mass is 9.79. The normalized spacial score (nSPS) is 19.5. The summed E-state index contributed by atoms with van der Waals surface area (Å²) in [5, 5.41) is 29.2. The van der Waals surface area contributed by atoms with Crippen LogP contribution >= 0.6 is 0 Å². The summed E-state index contributed by atoms with van der Waals surface area (Å²) < 4.78 is 5.35. The molecule has 0 amide bonds. The van der Waals surface area contributed by atoms with Crippen molar-refractivity contribution >= 4 is 16.9 Å². The predicted molar refractivity (Wildman–Crippen MR) is 133 cm³/mol. The third-order valence-corrected chi connectivity index (χ3v) is 7.15. The number of aliphatic hydroxyl groups excluding tert-OH is 1. The third kappa shape index (κ3) is 6.74. The first-order valence-electron chi connectivity index (χ1n) is 12.3. The molecule has 2 aromatic heterocycles. The van der Waals surface area contributed by atoms with Gasteiger partial charge in [0.15, 0.2) is 0 Å². The number of fused-ring (bicyclic) bond motifs is 1. The van der Waals surface area contributed by atoms with Crippen LogP contribution in [0.2, 0.25) is 0 Å². The number of rotatable bonds is 11. The molecule has 3 atom stereocenters. The molecule has 8 nitrogen and oxygen atoms in total. The van der Waals surface area contributed by atoms with Crippen molar-refractivity contribution in [3.63, 3.8) is 0 Å². The van der Waals surface area contributed by atoms with Gasteiger partial charge in [-0.3, -0.25) is 9.78 Å². The number of piperidine rings is 1. The zero-order valence-electron chi connectivity index (χ0n) is 20.2. The highest BCUT2D eigenvalue weighted by Crippen LogP contribution is 2.34. The molecule has 1 aromatic carbocycles. The number of aliphatic hydroxyl groups is 1. The largest absolute Gasteiger partial charge is 0.497 e. The summed E-state index contributed by atoms with van der Waals surface area (Å²) in [6, 6.07) is 9.52. The van der Waals surface area contributed by atoms with E-state index in [-0.39, 0.29) is 18.3 Å². The van der Waals surface area contributed by atoms with Crippen LogP contribution in [0.3, 0.4) is 0 Å². The molecule has 0 bridgehead atoms. The van der Waals surface area contributed by atoms with Crippen LogP contribution < -0.4 is 4.74 Å². The molecular formula is C27H34N4O4. The van der Waals surface area contributed by atoms with E-state index in [0.29, 0.717) is 6.42 Å². The fraction of sp³-hybridized carbons (Fsp3) is 0.481. The summed E-state index contributed by atoms with van der Waals surface area (Å²) in [5.41, 5.74) is 2.83. The van der Waals surface area contributed by atoms with Crippen molar-refractivity contribution in [3.05, 3.63) is 60.0 Å². The molecule has 0 saturated carbocycles. The summed E-state index contributed by atoms with van der Waals surface area (Å²) in [6.07, 6.45) is 9.05. The molecule has 4 rings (SSSR count). The van der Waals surface area contributed by atoms with E-state index in [4.69, 9.17) is 4.74 Å². The molecule has 0 spiro atoms. The minimum Gasteiger partial charge on any atom is -0.497 e. The lowest BCUT2D eigenvalue weighted by Crippen LogP contribution is -2.42. The van der Waals surface area contributed by atoms with Crippen molar-refractivity contribution in [3.8, 4) is 5.75 Å². The van der Waals surface area contributed by atoms with E-state index in [9.17, 15) is 15.0 Å². The number of aryl methyl sites for hydroxylation is 1. The van der Waals surface area contributed by atoms with E-state index in [1.165, 1.54) is 5.56 Å². The summed E-state index contributed by atoms with van der Waals surface area (Å²) in [5.74, 6) is 0.347. The number of nitrogens with zero attached hydrogens (tertiary/aromatic N) is 4. The standard InChI is InChI=1S/C27H34N4O4/c1-35-22-5-6-25-24(16-22)23(9-11-28-25)26(32)7-4-20-10-14-31(18-21(20)15-27(33)34)13-2-3-19-8-12-29-30-17-19/h5-6,8-9,11-12,16-17,20-21,26,32H,2-4,7,10,13-15,18H2,1H3,(H,33,34)/t20-,21+,26+/m1/s1. The molecule has 0 unspecified atom stereocenters. The van der Waals surface area contributed by atoms with Crippen LogP contribution in [0.4, 0.5) is 0 Å². The number of methoxy groups -OCH3 is 1. The SMILES string of the molecule is COc1ccc2nccc([C@@H](O)CC[C@@H]3CCN(CCCc4ccnnc4)C[C@@H]3CC(=O)O)c2c1. The second kappa shape index (κ2) is 12.0. The van der Waals surface area contributed by atoms with Gasteiger partial charge in [0.25, 0.3) is 0 Å². The van der Waals surface area contributed by atoms with Gasteiger partial charge in [-0.2, -0.15) is 10.2 Å². The van der Waals surface area contributed by atoms with Crippen LogP contribution in [0.15, 0.2) is 48.9 Å². The van der Waals surface area contributed by atoms with Gasteiger partial charge in [-0.1, -0.05) is 0 Å². The number of ether oxygens (including phenoxy) is 1. The molecule has 0 radical (unpaired) electrons. The highest BCUT2D eigenvalue weighted by molar-refractivity contribution is 5.83. The average molecular weight is 479 g/mol. The molecule has 35 heavy (non-hydrogen) atoms. The first kappa shape index (κ1) is 25.0. The molecular weight excluding hydrogens is 444 g/mol. The van der Waals surface area contributed by atoms with Gasteiger partial charge in [0.05, 0.1) is 24.9 Å². The zero-order valence-corrected chi connectivity index (χ0v) is 20.2. The summed E-state index contributed by atoms with van der Waals surface area (Å²) in [6.45, 7) is 2.69. The number of carboxylic acid groups (broad SMARTS) is 1. The summed E-state index contributed by atoms with van der Waals surface area (Å²) >= 11 is 0. The maximum absolute atomic E-state index is 11.6. The average Bonchev–Trinajstić information content (AvgIpc) is 2.87. The van der Waals surface area contributed by atoms with Gasteiger partial charge in [0.2, 0.25) is 0 Å². The lowest BCUT2D eigenvalue weighted by molar-refractivity contribution is -0.139. The Morgan fingerprint density at radius 1 is 1.20 bits per heavy atom. The second-order valence-corrected chi connectivity index (χ2v) is 9.44. The van der Waals surface area contributed by atoms with Gasteiger partial charge in [0.1, 0.15) is 5.75 Å². The first-order valence-corrected chi connectivity index (χ1v) is 12.3. The van der Waals surface area contributed by atoms with Crippen LogP contribution in [0.25, 0.3) is 10.9 Å². The van der Waals surface area contributed by atoms with E-state index in [0.717, 1.165) is 67.5 Å². The van der Waals surface area contributed by atoms with Gasteiger partial charge in [-0.15, -0.1) is 0 Å². The predicted octanol–water partition coefficient (Wildman–Crippen LogP) is 3.89. The number of pyridine rings is 1. The maximum atomic E-state index is 11.6. The summed E-state index contributed by atoms with van der Waals surface area (Å²) in [7, 11) is 1.62. The van der Waals surface area contributed by atoms with Gasteiger partial charge in [-0.25, -0.2) is 0 Å². The fourth-order valence-electron chi connectivity index (χ4n) is 5.26. The molecule has 0 aliphatic carbocycles. The smallest absolute Gasteiger partial charge is 0.303 e. The quantitative estimate of drug-likeness (QED) is 0.427. The monoisotopic (exact) mass is 478 g/mol. The number of aliphatic carboxylic acids is 1. The minimum atomic E-state index is -0.752. The zero-order chi connectivity index (χ0) is 24.6. The Labute approximate surface area is 206 Å². The molecule has 8 heteroatoms. The van der Waals surface area contributed by atoms with Crippen LogP contribution in [0.1, 0.15) is 49.3 Å². The number of likely N-dealkylation sites (tertiary alicyclic amines) is 1. The molecule has 1 saturated heterocycles. The lowest BCUT2D eigenvalue weighted by Gasteiger charge is -2.38. The Kier molecular flexibility index (Phi) is 8.60. The van der Waals surface area contributed by atoms with Crippen LogP contribution in [0, 0.1) is 11.8 Å². The summed E-state index contributed by atoms with van der Waals surface area (Å²) in [4.78, 5) is 18.4. The molecule has 186 valence electrons. The van der Waals surface area contributed by atoms with Crippen molar-refractivity contribution in [2.24, 2.45) is 11.8 Å². The van der Waals surface area contributed by atoms with Gasteiger partial charge in [-0.05, 0) is 98.5 Å². The molecule has 1 aliphatic heterocycles. The van der Waals surface area contributed by atoms with E-state index in [1.807, 2.05) is 30.3 Å². The number of carbonyl (C=O) groups is 1. The van der Waals surface area contributed by atoms with Crippen molar-refractivity contribution in [2.75, 3.05) is 26.7 Å². The van der Waals surface area contributed by atoms with Crippen molar-refractivity contribution in [1.29, 1.82) is 0 Å². The highest BCUT2D eigenvalue weighted by Gasteiger charge is 2.31. The van der Waals surface area contributed by atoms with Gasteiger partial charge >= 0.3 is 5.97 Å². The Morgan fingerprint density at radius 2 is 2.09 bits per heavy atom. The van der Waals surface area contributed by atoms with Crippen LogP contribution in [-0.2, 0) is 11.2 Å². The molecule has 1 fully saturated rings. The number of carboxylic acids is 1. The van der Waals surface area contributed by atoms with Crippen LogP contribution in [-0.4, -0.2) is 63.0 Å². The number of hydrogen-bond acceptors (Lipinski definition) is 7. The third-order valence-electron chi connectivity index (χ3n) is 7.15. The first-order chi connectivity index (χ1) is 17.0. The number of aromatic nitrogens is 3. The molecule has 3 aromatic rings. The molecule has 2 N–H and O–H groups in total. The van der Waals surface area contributed by atoms with Crippen LogP contribution in [0.5, 0.6) is 5.75 Å². The van der Waals surface area contributed by atoms with Crippen molar-refractivity contribution in [2.45, 2.75) is 44.6 Å². The molecule has 1 aliphatic rings. The Morgan fingerprint density at radius 3 is 2.86 bits per heavy atom.